The first kappa shape index (κ1) is 15.1. The van der Waals surface area contributed by atoms with Crippen LogP contribution in [0.2, 0.25) is 5.02 Å². The molecular formula is C15H20ClNO3. The van der Waals surface area contributed by atoms with Crippen molar-refractivity contribution in [1.29, 1.82) is 0 Å². The van der Waals surface area contributed by atoms with Crippen LogP contribution in [0.5, 0.6) is 5.75 Å². The minimum Gasteiger partial charge on any atom is -0.482 e. The molecule has 0 amide bonds. The molecule has 0 aromatic heterocycles. The molecule has 0 N–H and O–H groups in total. The zero-order chi connectivity index (χ0) is 14.5. The van der Waals surface area contributed by atoms with Gasteiger partial charge in [0.15, 0.2) is 6.61 Å². The normalized spacial score (nSPS) is 15.3. The Bertz CT molecular complexity index is 490. The molecule has 1 aliphatic rings. The van der Waals surface area contributed by atoms with Crippen molar-refractivity contribution >= 4 is 17.6 Å². The number of carbonyl (C=O) groups excluding carboxylic acids is 1. The van der Waals surface area contributed by atoms with E-state index in [-0.39, 0.29) is 12.6 Å². The molecule has 0 saturated heterocycles. The third-order valence-electron chi connectivity index (χ3n) is 3.47. The van der Waals surface area contributed by atoms with Crippen LogP contribution in [0.25, 0.3) is 0 Å². The molecular weight excluding hydrogens is 278 g/mol. The molecule has 2 rings (SSSR count). The summed E-state index contributed by atoms with van der Waals surface area (Å²) in [5.74, 6) is 0.398. The number of nitrogens with zero attached hydrogens (tertiary/aromatic N) is 1. The molecule has 0 saturated carbocycles. The monoisotopic (exact) mass is 297 g/mol. The molecule has 0 unspecified atom stereocenters. The molecule has 4 nitrogen and oxygen atoms in total. The van der Waals surface area contributed by atoms with Gasteiger partial charge in [-0.25, -0.2) is 4.79 Å². The lowest BCUT2D eigenvalue weighted by atomic mass is 10.0. The molecule has 5 heteroatoms. The number of benzene rings is 1. The molecule has 20 heavy (non-hydrogen) atoms. The Morgan fingerprint density at radius 1 is 1.30 bits per heavy atom. The Morgan fingerprint density at radius 3 is 2.70 bits per heavy atom. The van der Waals surface area contributed by atoms with E-state index in [1.165, 1.54) is 0 Å². The van der Waals surface area contributed by atoms with Crippen molar-refractivity contribution in [3.8, 4) is 5.75 Å². The van der Waals surface area contributed by atoms with E-state index in [9.17, 15) is 4.79 Å². The highest BCUT2D eigenvalue weighted by atomic mass is 35.5. The van der Waals surface area contributed by atoms with Crippen LogP contribution in [0.1, 0.15) is 18.1 Å². The van der Waals surface area contributed by atoms with Gasteiger partial charge in [0.1, 0.15) is 5.75 Å². The van der Waals surface area contributed by atoms with E-state index >= 15 is 0 Å². The Balaban J connectivity index is 2.16. The smallest absolute Gasteiger partial charge is 0.344 e. The molecule has 0 aliphatic carbocycles. The number of halogens is 1. The van der Waals surface area contributed by atoms with E-state index in [1.54, 1.807) is 6.92 Å². The van der Waals surface area contributed by atoms with Crippen molar-refractivity contribution in [3.63, 3.8) is 0 Å². The van der Waals surface area contributed by atoms with Crippen LogP contribution in [0.3, 0.4) is 0 Å². The fraction of sp³-hybridized carbons (Fsp3) is 0.533. The second-order valence-electron chi connectivity index (χ2n) is 4.90. The van der Waals surface area contributed by atoms with E-state index in [4.69, 9.17) is 21.1 Å². The van der Waals surface area contributed by atoms with Crippen LogP contribution in [0.15, 0.2) is 12.1 Å². The van der Waals surface area contributed by atoms with Crippen LogP contribution >= 0.6 is 11.6 Å². The van der Waals surface area contributed by atoms with Crippen LogP contribution in [-0.2, 0) is 22.4 Å². The van der Waals surface area contributed by atoms with Gasteiger partial charge in [-0.3, -0.25) is 0 Å². The van der Waals surface area contributed by atoms with Crippen molar-refractivity contribution in [3.05, 3.63) is 28.3 Å². The Labute approximate surface area is 124 Å². The zero-order valence-electron chi connectivity index (χ0n) is 11.9. The van der Waals surface area contributed by atoms with Gasteiger partial charge in [-0.05, 0) is 44.5 Å². The summed E-state index contributed by atoms with van der Waals surface area (Å²) >= 11 is 6.28. The number of esters is 1. The highest BCUT2D eigenvalue weighted by Gasteiger charge is 2.18. The topological polar surface area (TPSA) is 38.8 Å². The Kier molecular flexibility index (Phi) is 5.26. The first-order valence-corrected chi connectivity index (χ1v) is 7.26. The van der Waals surface area contributed by atoms with Crippen LogP contribution in [-0.4, -0.2) is 44.2 Å². The number of ether oxygens (including phenoxy) is 2. The Hall–Kier alpha value is -1.26. The van der Waals surface area contributed by atoms with Crippen LogP contribution in [0.4, 0.5) is 0 Å². The predicted octanol–water partition coefficient (Wildman–Crippen LogP) is 2.31. The molecule has 1 aliphatic heterocycles. The number of hydrogen-bond donors (Lipinski definition) is 0. The minimum absolute atomic E-state index is 0.0578. The van der Waals surface area contributed by atoms with E-state index in [0.29, 0.717) is 6.61 Å². The van der Waals surface area contributed by atoms with Gasteiger partial charge < -0.3 is 14.4 Å². The molecule has 0 fully saturated rings. The quantitative estimate of drug-likeness (QED) is 0.800. The van der Waals surface area contributed by atoms with E-state index in [0.717, 1.165) is 47.8 Å². The van der Waals surface area contributed by atoms with E-state index in [2.05, 4.69) is 11.9 Å². The lowest BCUT2D eigenvalue weighted by molar-refractivity contribution is -0.145. The maximum Gasteiger partial charge on any atom is 0.344 e. The zero-order valence-corrected chi connectivity index (χ0v) is 12.7. The third kappa shape index (κ3) is 3.64. The summed E-state index contributed by atoms with van der Waals surface area (Å²) in [6.45, 7) is 4.03. The summed E-state index contributed by atoms with van der Waals surface area (Å²) in [6, 6.07) is 3.68. The average Bonchev–Trinajstić information content (AvgIpc) is 2.62. The lowest BCUT2D eigenvalue weighted by Gasteiger charge is -2.14. The van der Waals surface area contributed by atoms with Crippen molar-refractivity contribution in [2.24, 2.45) is 0 Å². The summed E-state index contributed by atoms with van der Waals surface area (Å²) in [6.07, 6.45) is 1.78. The highest BCUT2D eigenvalue weighted by Crippen LogP contribution is 2.31. The standard InChI is InChI=1S/C15H20ClNO3/c1-3-19-15(18)10-20-14-5-4-13(16)11-6-8-17(2)9-7-12(11)14/h4-5H,3,6-10H2,1-2H3. The number of carbonyl (C=O) groups is 1. The third-order valence-corrected chi connectivity index (χ3v) is 3.82. The molecule has 0 spiro atoms. The number of fused-ring (bicyclic) bond motifs is 1. The van der Waals surface area contributed by atoms with Crippen molar-refractivity contribution in [2.45, 2.75) is 19.8 Å². The van der Waals surface area contributed by atoms with Gasteiger partial charge in [0.2, 0.25) is 0 Å². The summed E-state index contributed by atoms with van der Waals surface area (Å²) in [7, 11) is 2.10. The first-order chi connectivity index (χ1) is 9.61. The molecule has 110 valence electrons. The molecule has 0 radical (unpaired) electrons. The van der Waals surface area contributed by atoms with E-state index < -0.39 is 0 Å². The van der Waals surface area contributed by atoms with Gasteiger partial charge in [0.25, 0.3) is 0 Å². The molecule has 1 aromatic carbocycles. The van der Waals surface area contributed by atoms with Gasteiger partial charge in [0.05, 0.1) is 6.61 Å². The first-order valence-electron chi connectivity index (χ1n) is 6.89. The molecule has 0 bridgehead atoms. The van der Waals surface area contributed by atoms with Gasteiger partial charge in [-0.1, -0.05) is 11.6 Å². The highest BCUT2D eigenvalue weighted by molar-refractivity contribution is 6.31. The van der Waals surface area contributed by atoms with Crippen LogP contribution < -0.4 is 4.74 Å². The van der Waals surface area contributed by atoms with Crippen molar-refractivity contribution in [2.75, 3.05) is 33.4 Å². The van der Waals surface area contributed by atoms with Gasteiger partial charge in [-0.2, -0.15) is 0 Å². The molecule has 1 aromatic rings. The van der Waals surface area contributed by atoms with Gasteiger partial charge >= 0.3 is 5.97 Å². The van der Waals surface area contributed by atoms with Crippen molar-refractivity contribution < 1.29 is 14.3 Å². The number of rotatable bonds is 4. The molecule has 1 heterocycles. The minimum atomic E-state index is -0.345. The average molecular weight is 298 g/mol. The number of hydrogen-bond acceptors (Lipinski definition) is 4. The summed E-state index contributed by atoms with van der Waals surface area (Å²) in [5, 5.41) is 0.777. The lowest BCUT2D eigenvalue weighted by Crippen LogP contribution is -2.20. The molecule has 0 atom stereocenters. The summed E-state index contributed by atoms with van der Waals surface area (Å²) in [4.78, 5) is 13.7. The second-order valence-corrected chi connectivity index (χ2v) is 5.31. The van der Waals surface area contributed by atoms with Crippen LogP contribution in [0, 0.1) is 0 Å². The van der Waals surface area contributed by atoms with Gasteiger partial charge in [-0.15, -0.1) is 0 Å². The predicted molar refractivity (Wildman–Crippen MR) is 78.5 cm³/mol. The maximum atomic E-state index is 11.4. The fourth-order valence-corrected chi connectivity index (χ4v) is 2.65. The van der Waals surface area contributed by atoms with Gasteiger partial charge in [0, 0.05) is 23.7 Å². The largest absolute Gasteiger partial charge is 0.482 e. The fourth-order valence-electron chi connectivity index (χ4n) is 2.38. The number of likely N-dealkylation sites (N-methyl/N-ethyl adjacent to an activating group) is 1. The SMILES string of the molecule is CCOC(=O)COc1ccc(Cl)c2c1CCN(C)CC2. The van der Waals surface area contributed by atoms with Crippen molar-refractivity contribution in [1.82, 2.24) is 4.90 Å². The second kappa shape index (κ2) is 6.95. The van der Waals surface area contributed by atoms with E-state index in [1.807, 2.05) is 12.1 Å². The Morgan fingerprint density at radius 2 is 2.00 bits per heavy atom. The summed E-state index contributed by atoms with van der Waals surface area (Å²) < 4.78 is 10.5. The summed E-state index contributed by atoms with van der Waals surface area (Å²) in [5.41, 5.74) is 2.25. The maximum absolute atomic E-state index is 11.4.